The van der Waals surface area contributed by atoms with Gasteiger partial charge in [0.05, 0.1) is 6.61 Å². The summed E-state index contributed by atoms with van der Waals surface area (Å²) in [5.41, 5.74) is 7.42. The molecule has 0 aliphatic rings. The Hall–Kier alpha value is -0.940. The molecule has 0 bridgehead atoms. The summed E-state index contributed by atoms with van der Waals surface area (Å²) >= 11 is 0. The lowest BCUT2D eigenvalue weighted by Gasteiger charge is -2.12. The van der Waals surface area contributed by atoms with E-state index in [1.54, 1.807) is 7.11 Å². The number of aliphatic hydroxyl groups excluding tert-OH is 1. The third-order valence-electron chi connectivity index (χ3n) is 2.51. The van der Waals surface area contributed by atoms with Crippen LogP contribution >= 0.6 is 0 Å². The predicted octanol–water partition coefficient (Wildman–Crippen LogP) is 1.23. The highest BCUT2D eigenvalue weighted by atomic mass is 16.5. The van der Waals surface area contributed by atoms with Gasteiger partial charge in [-0.25, -0.2) is 0 Å². The summed E-state index contributed by atoms with van der Waals surface area (Å²) in [4.78, 5) is 0. The maximum absolute atomic E-state index is 9.85. The summed E-state index contributed by atoms with van der Waals surface area (Å²) in [5.74, 6) is 0. The second-order valence-electron chi connectivity index (χ2n) is 3.88. The molecule has 1 aromatic carbocycles. The van der Waals surface area contributed by atoms with Gasteiger partial charge in [0.25, 0.3) is 0 Å². The Labute approximate surface area is 102 Å². The van der Waals surface area contributed by atoms with Crippen LogP contribution in [-0.2, 0) is 16.0 Å². The molecular formula is C13H21NO3. The van der Waals surface area contributed by atoms with Crippen molar-refractivity contribution in [1.82, 2.24) is 0 Å². The topological polar surface area (TPSA) is 64.7 Å². The molecule has 3 N–H and O–H groups in total. The normalized spacial score (nSPS) is 12.6. The van der Waals surface area contributed by atoms with E-state index in [9.17, 15) is 5.11 Å². The van der Waals surface area contributed by atoms with Gasteiger partial charge < -0.3 is 20.3 Å². The molecule has 0 aliphatic heterocycles. The molecule has 0 aromatic heterocycles. The first-order valence-corrected chi connectivity index (χ1v) is 5.81. The van der Waals surface area contributed by atoms with Gasteiger partial charge in [-0.1, -0.05) is 24.3 Å². The molecule has 0 saturated carbocycles. The highest BCUT2D eigenvalue weighted by Gasteiger charge is 2.07. The second kappa shape index (κ2) is 8.20. The third kappa shape index (κ3) is 5.28. The molecule has 0 heterocycles. The molecule has 4 heteroatoms. The van der Waals surface area contributed by atoms with Crippen molar-refractivity contribution in [1.29, 1.82) is 0 Å². The monoisotopic (exact) mass is 239 g/mol. The second-order valence-corrected chi connectivity index (χ2v) is 3.88. The van der Waals surface area contributed by atoms with Crippen LogP contribution in [-0.4, -0.2) is 32.0 Å². The number of aliphatic hydroxyl groups is 1. The highest BCUT2D eigenvalue weighted by Crippen LogP contribution is 2.14. The van der Waals surface area contributed by atoms with Crippen molar-refractivity contribution >= 4 is 0 Å². The number of ether oxygens (including phenoxy) is 2. The lowest BCUT2D eigenvalue weighted by molar-refractivity contribution is 0.0279. The molecule has 0 aliphatic carbocycles. The van der Waals surface area contributed by atoms with Crippen LogP contribution in [0.1, 0.15) is 23.7 Å². The van der Waals surface area contributed by atoms with E-state index in [0.717, 1.165) is 17.5 Å². The Morgan fingerprint density at radius 2 is 1.94 bits per heavy atom. The maximum Gasteiger partial charge on any atom is 0.102 e. The Balaban J connectivity index is 2.28. The molecule has 17 heavy (non-hydrogen) atoms. The number of methoxy groups -OCH3 is 1. The standard InChI is InChI=1S/C13H21NO3/c1-16-7-2-8-17-10-13(15)12-5-3-11(9-14)4-6-12/h3-6,13,15H,2,7-10,14H2,1H3. The van der Waals surface area contributed by atoms with Gasteiger partial charge in [-0.15, -0.1) is 0 Å². The number of benzene rings is 1. The van der Waals surface area contributed by atoms with E-state index in [0.29, 0.717) is 26.4 Å². The third-order valence-corrected chi connectivity index (χ3v) is 2.51. The zero-order valence-corrected chi connectivity index (χ0v) is 10.3. The van der Waals surface area contributed by atoms with Crippen LogP contribution < -0.4 is 5.73 Å². The number of hydrogen-bond acceptors (Lipinski definition) is 4. The van der Waals surface area contributed by atoms with Gasteiger partial charge in [-0.3, -0.25) is 0 Å². The quantitative estimate of drug-likeness (QED) is 0.670. The molecular weight excluding hydrogens is 218 g/mol. The first-order valence-electron chi connectivity index (χ1n) is 5.81. The lowest BCUT2D eigenvalue weighted by atomic mass is 10.1. The average molecular weight is 239 g/mol. The number of nitrogens with two attached hydrogens (primary N) is 1. The van der Waals surface area contributed by atoms with Crippen LogP contribution in [0.15, 0.2) is 24.3 Å². The van der Waals surface area contributed by atoms with Gasteiger partial charge in [0, 0.05) is 26.9 Å². The van der Waals surface area contributed by atoms with E-state index >= 15 is 0 Å². The largest absolute Gasteiger partial charge is 0.386 e. The van der Waals surface area contributed by atoms with Crippen molar-refractivity contribution in [2.24, 2.45) is 5.73 Å². The van der Waals surface area contributed by atoms with Gasteiger partial charge in [0.2, 0.25) is 0 Å². The molecule has 0 spiro atoms. The summed E-state index contributed by atoms with van der Waals surface area (Å²) < 4.78 is 10.3. The van der Waals surface area contributed by atoms with Gasteiger partial charge >= 0.3 is 0 Å². The van der Waals surface area contributed by atoms with Crippen molar-refractivity contribution in [2.45, 2.75) is 19.1 Å². The zero-order chi connectivity index (χ0) is 12.5. The molecule has 1 rings (SSSR count). The first-order chi connectivity index (χ1) is 8.27. The van der Waals surface area contributed by atoms with Crippen LogP contribution in [0.4, 0.5) is 0 Å². The van der Waals surface area contributed by atoms with Gasteiger partial charge in [-0.05, 0) is 17.5 Å². The van der Waals surface area contributed by atoms with Crippen LogP contribution in [0.5, 0.6) is 0 Å². The Bertz CT molecular complexity index is 300. The van der Waals surface area contributed by atoms with Crippen LogP contribution in [0.3, 0.4) is 0 Å². The highest BCUT2D eigenvalue weighted by molar-refractivity contribution is 5.23. The van der Waals surface area contributed by atoms with Crippen molar-refractivity contribution < 1.29 is 14.6 Å². The summed E-state index contributed by atoms with van der Waals surface area (Å²) in [6, 6.07) is 7.60. The first kappa shape index (κ1) is 14.1. The lowest BCUT2D eigenvalue weighted by Crippen LogP contribution is -2.09. The minimum Gasteiger partial charge on any atom is -0.386 e. The summed E-state index contributed by atoms with van der Waals surface area (Å²) in [6.45, 7) is 2.11. The van der Waals surface area contributed by atoms with Crippen molar-refractivity contribution in [2.75, 3.05) is 26.9 Å². The summed E-state index contributed by atoms with van der Waals surface area (Å²) in [6.07, 6.45) is 0.263. The van der Waals surface area contributed by atoms with E-state index in [2.05, 4.69) is 0 Å². The van der Waals surface area contributed by atoms with E-state index in [1.165, 1.54) is 0 Å². The van der Waals surface area contributed by atoms with Crippen LogP contribution in [0.2, 0.25) is 0 Å². The fourth-order valence-corrected chi connectivity index (χ4v) is 1.47. The molecule has 0 fully saturated rings. The maximum atomic E-state index is 9.85. The van der Waals surface area contributed by atoms with E-state index in [4.69, 9.17) is 15.2 Å². The van der Waals surface area contributed by atoms with E-state index in [1.807, 2.05) is 24.3 Å². The molecule has 1 aromatic rings. The predicted molar refractivity (Wildman–Crippen MR) is 66.6 cm³/mol. The van der Waals surface area contributed by atoms with E-state index in [-0.39, 0.29) is 0 Å². The zero-order valence-electron chi connectivity index (χ0n) is 10.3. The smallest absolute Gasteiger partial charge is 0.102 e. The molecule has 0 saturated heterocycles. The van der Waals surface area contributed by atoms with Crippen molar-refractivity contribution in [3.05, 3.63) is 35.4 Å². The SMILES string of the molecule is COCCCOCC(O)c1ccc(CN)cc1. The molecule has 1 unspecified atom stereocenters. The van der Waals surface area contributed by atoms with Gasteiger partial charge in [-0.2, -0.15) is 0 Å². The Morgan fingerprint density at radius 3 is 2.53 bits per heavy atom. The minimum atomic E-state index is -0.579. The van der Waals surface area contributed by atoms with Gasteiger partial charge in [0.15, 0.2) is 0 Å². The van der Waals surface area contributed by atoms with Crippen molar-refractivity contribution in [3.63, 3.8) is 0 Å². The van der Waals surface area contributed by atoms with Crippen LogP contribution in [0.25, 0.3) is 0 Å². The summed E-state index contributed by atoms with van der Waals surface area (Å²) in [5, 5.41) is 9.85. The Kier molecular flexibility index (Phi) is 6.81. The molecule has 0 radical (unpaired) electrons. The van der Waals surface area contributed by atoms with E-state index < -0.39 is 6.10 Å². The fraction of sp³-hybridized carbons (Fsp3) is 0.538. The number of rotatable bonds is 8. The molecule has 0 amide bonds. The molecule has 4 nitrogen and oxygen atoms in total. The Morgan fingerprint density at radius 1 is 1.24 bits per heavy atom. The number of hydrogen-bond donors (Lipinski definition) is 2. The fourth-order valence-electron chi connectivity index (χ4n) is 1.47. The summed E-state index contributed by atoms with van der Waals surface area (Å²) in [7, 11) is 1.66. The average Bonchev–Trinajstić information content (AvgIpc) is 2.38. The molecule has 1 atom stereocenters. The van der Waals surface area contributed by atoms with Crippen molar-refractivity contribution in [3.8, 4) is 0 Å². The van der Waals surface area contributed by atoms with Gasteiger partial charge in [0.1, 0.15) is 6.10 Å². The minimum absolute atomic E-state index is 0.311. The molecule has 96 valence electrons. The van der Waals surface area contributed by atoms with Crippen LogP contribution in [0, 0.1) is 0 Å².